The number of nitriles is 1. The van der Waals surface area contributed by atoms with Crippen LogP contribution in [-0.4, -0.2) is 6.04 Å². The van der Waals surface area contributed by atoms with Gasteiger partial charge < -0.3 is 10.6 Å². The Kier molecular flexibility index (Phi) is 4.08. The van der Waals surface area contributed by atoms with Crippen molar-refractivity contribution in [2.75, 3.05) is 10.6 Å². The van der Waals surface area contributed by atoms with E-state index >= 15 is 0 Å². The zero-order chi connectivity index (χ0) is 13.8. The van der Waals surface area contributed by atoms with Crippen LogP contribution in [0.5, 0.6) is 0 Å². The highest BCUT2D eigenvalue weighted by atomic mass is 32.1. The molecular formula is C15H17N3S. The Morgan fingerprint density at radius 3 is 2.74 bits per heavy atom. The van der Waals surface area contributed by atoms with Gasteiger partial charge in [0.2, 0.25) is 0 Å². The van der Waals surface area contributed by atoms with E-state index in [1.54, 1.807) is 17.4 Å². The molecule has 1 aromatic heterocycles. The van der Waals surface area contributed by atoms with Crippen LogP contribution in [-0.2, 0) is 6.54 Å². The van der Waals surface area contributed by atoms with Gasteiger partial charge in [-0.05, 0) is 43.5 Å². The minimum Gasteiger partial charge on any atom is -0.399 e. The molecule has 2 aromatic rings. The van der Waals surface area contributed by atoms with Gasteiger partial charge >= 0.3 is 0 Å². The molecule has 2 rings (SSSR count). The molecule has 0 atom stereocenters. The number of rotatable bonds is 4. The number of anilines is 2. The second-order valence-corrected chi connectivity index (χ2v) is 5.72. The summed E-state index contributed by atoms with van der Waals surface area (Å²) in [4.78, 5) is 3.51. The van der Waals surface area contributed by atoms with E-state index in [1.165, 1.54) is 4.88 Å². The second kappa shape index (κ2) is 5.77. The Balaban J connectivity index is 2.37. The van der Waals surface area contributed by atoms with Crippen molar-refractivity contribution in [1.82, 2.24) is 0 Å². The monoisotopic (exact) mass is 271 g/mol. The fourth-order valence-electron chi connectivity index (χ4n) is 2.01. The maximum absolute atomic E-state index is 9.27. The van der Waals surface area contributed by atoms with E-state index in [0.29, 0.717) is 17.3 Å². The van der Waals surface area contributed by atoms with Crippen LogP contribution < -0.4 is 10.6 Å². The maximum atomic E-state index is 9.27. The molecule has 98 valence electrons. The van der Waals surface area contributed by atoms with Crippen molar-refractivity contribution >= 4 is 22.7 Å². The lowest BCUT2D eigenvalue weighted by atomic mass is 10.1. The van der Waals surface area contributed by atoms with Gasteiger partial charge in [0.15, 0.2) is 0 Å². The standard InChI is InChI=1S/C15H17N3S/c1-11(2)18(10-14-4-3-7-19-14)15-6-5-13(17)8-12(15)9-16/h3-8,11H,10,17H2,1-2H3. The average molecular weight is 271 g/mol. The van der Waals surface area contributed by atoms with E-state index < -0.39 is 0 Å². The molecule has 4 heteroatoms. The van der Waals surface area contributed by atoms with Crippen LogP contribution in [0.4, 0.5) is 11.4 Å². The predicted octanol–water partition coefficient (Wildman–Crippen LogP) is 3.62. The van der Waals surface area contributed by atoms with E-state index in [4.69, 9.17) is 5.73 Å². The molecule has 1 aromatic carbocycles. The molecule has 0 aliphatic carbocycles. The zero-order valence-electron chi connectivity index (χ0n) is 11.1. The summed E-state index contributed by atoms with van der Waals surface area (Å²) in [6, 6.07) is 12.2. The van der Waals surface area contributed by atoms with Crippen LogP contribution in [0.1, 0.15) is 24.3 Å². The Labute approximate surface area is 117 Å². The molecule has 0 fully saturated rings. The van der Waals surface area contributed by atoms with Crippen LogP contribution in [0.3, 0.4) is 0 Å². The normalized spacial score (nSPS) is 10.4. The van der Waals surface area contributed by atoms with Crippen molar-refractivity contribution in [3.8, 4) is 6.07 Å². The Bertz CT molecular complexity index is 582. The summed E-state index contributed by atoms with van der Waals surface area (Å²) in [5, 5.41) is 11.3. The molecule has 0 saturated carbocycles. The molecule has 0 aliphatic heterocycles. The topological polar surface area (TPSA) is 53.0 Å². The van der Waals surface area contributed by atoms with E-state index in [0.717, 1.165) is 12.2 Å². The molecular weight excluding hydrogens is 254 g/mol. The first-order valence-electron chi connectivity index (χ1n) is 6.20. The van der Waals surface area contributed by atoms with E-state index in [2.05, 4.69) is 36.3 Å². The second-order valence-electron chi connectivity index (χ2n) is 4.69. The summed E-state index contributed by atoms with van der Waals surface area (Å²) in [7, 11) is 0. The minimum absolute atomic E-state index is 0.317. The lowest BCUT2D eigenvalue weighted by molar-refractivity contribution is 0.686. The Morgan fingerprint density at radius 2 is 2.16 bits per heavy atom. The van der Waals surface area contributed by atoms with Gasteiger partial charge in [-0.2, -0.15) is 5.26 Å². The zero-order valence-corrected chi connectivity index (χ0v) is 11.9. The van der Waals surface area contributed by atoms with Crippen molar-refractivity contribution in [3.05, 3.63) is 46.2 Å². The van der Waals surface area contributed by atoms with Gasteiger partial charge in [0.25, 0.3) is 0 Å². The highest BCUT2D eigenvalue weighted by molar-refractivity contribution is 7.09. The first kappa shape index (κ1) is 13.4. The summed E-state index contributed by atoms with van der Waals surface area (Å²) in [6.45, 7) is 5.07. The Morgan fingerprint density at radius 1 is 1.37 bits per heavy atom. The van der Waals surface area contributed by atoms with Gasteiger partial charge in [-0.3, -0.25) is 0 Å². The molecule has 0 saturated heterocycles. The smallest absolute Gasteiger partial charge is 0.101 e. The van der Waals surface area contributed by atoms with Gasteiger partial charge in [0, 0.05) is 16.6 Å². The van der Waals surface area contributed by atoms with E-state index in [9.17, 15) is 5.26 Å². The van der Waals surface area contributed by atoms with Crippen LogP contribution in [0, 0.1) is 11.3 Å². The largest absolute Gasteiger partial charge is 0.399 e. The number of nitrogen functional groups attached to an aromatic ring is 1. The molecule has 2 N–H and O–H groups in total. The van der Waals surface area contributed by atoms with Gasteiger partial charge in [0.1, 0.15) is 6.07 Å². The fourth-order valence-corrected chi connectivity index (χ4v) is 2.71. The van der Waals surface area contributed by atoms with Crippen LogP contribution in [0.15, 0.2) is 35.7 Å². The number of nitrogens with two attached hydrogens (primary N) is 1. The van der Waals surface area contributed by atoms with E-state index in [-0.39, 0.29) is 0 Å². The SMILES string of the molecule is CC(C)N(Cc1cccs1)c1ccc(N)cc1C#N. The molecule has 0 amide bonds. The Hall–Kier alpha value is -1.99. The van der Waals surface area contributed by atoms with Crippen LogP contribution in [0.25, 0.3) is 0 Å². The predicted molar refractivity (Wildman–Crippen MR) is 81.2 cm³/mol. The van der Waals surface area contributed by atoms with Crippen molar-refractivity contribution in [2.45, 2.75) is 26.4 Å². The lowest BCUT2D eigenvalue weighted by Crippen LogP contribution is -2.30. The number of thiophene rings is 1. The molecule has 1 heterocycles. The molecule has 0 bridgehead atoms. The lowest BCUT2D eigenvalue weighted by Gasteiger charge is -2.29. The summed E-state index contributed by atoms with van der Waals surface area (Å²) in [6.07, 6.45) is 0. The summed E-state index contributed by atoms with van der Waals surface area (Å²) < 4.78 is 0. The molecule has 0 aliphatic rings. The van der Waals surface area contributed by atoms with Gasteiger partial charge in [-0.1, -0.05) is 6.07 Å². The molecule has 0 spiro atoms. The molecule has 0 unspecified atom stereocenters. The third kappa shape index (κ3) is 3.07. The van der Waals surface area contributed by atoms with Crippen molar-refractivity contribution in [2.24, 2.45) is 0 Å². The third-order valence-electron chi connectivity index (χ3n) is 2.98. The maximum Gasteiger partial charge on any atom is 0.101 e. The fraction of sp³-hybridized carbons (Fsp3) is 0.267. The molecule has 3 nitrogen and oxygen atoms in total. The summed E-state index contributed by atoms with van der Waals surface area (Å²) in [5.74, 6) is 0. The first-order valence-corrected chi connectivity index (χ1v) is 7.08. The van der Waals surface area contributed by atoms with Crippen molar-refractivity contribution < 1.29 is 0 Å². The number of benzene rings is 1. The highest BCUT2D eigenvalue weighted by Gasteiger charge is 2.15. The molecule has 19 heavy (non-hydrogen) atoms. The number of nitrogens with zero attached hydrogens (tertiary/aromatic N) is 2. The van der Waals surface area contributed by atoms with E-state index in [1.807, 2.05) is 18.2 Å². The van der Waals surface area contributed by atoms with Gasteiger partial charge in [0.05, 0.1) is 17.8 Å². The summed E-state index contributed by atoms with van der Waals surface area (Å²) in [5.41, 5.74) is 7.95. The van der Waals surface area contributed by atoms with Crippen molar-refractivity contribution in [3.63, 3.8) is 0 Å². The van der Waals surface area contributed by atoms with Gasteiger partial charge in [-0.15, -0.1) is 11.3 Å². The first-order chi connectivity index (χ1) is 9.11. The quantitative estimate of drug-likeness (QED) is 0.864. The van der Waals surface area contributed by atoms with Crippen molar-refractivity contribution in [1.29, 1.82) is 5.26 Å². The highest BCUT2D eigenvalue weighted by Crippen LogP contribution is 2.27. The van der Waals surface area contributed by atoms with Crippen LogP contribution >= 0.6 is 11.3 Å². The average Bonchev–Trinajstić information content (AvgIpc) is 2.89. The van der Waals surface area contributed by atoms with Crippen LogP contribution in [0.2, 0.25) is 0 Å². The number of hydrogen-bond donors (Lipinski definition) is 1. The van der Waals surface area contributed by atoms with Gasteiger partial charge in [-0.25, -0.2) is 0 Å². The molecule has 0 radical (unpaired) electrons. The minimum atomic E-state index is 0.317. The third-order valence-corrected chi connectivity index (χ3v) is 3.84. The summed E-state index contributed by atoms with van der Waals surface area (Å²) >= 11 is 1.73. The number of hydrogen-bond acceptors (Lipinski definition) is 4.